The predicted octanol–water partition coefficient (Wildman–Crippen LogP) is 7.23. The van der Waals surface area contributed by atoms with E-state index in [1.807, 2.05) is 0 Å². The van der Waals surface area contributed by atoms with E-state index in [0.717, 1.165) is 11.8 Å². The summed E-state index contributed by atoms with van der Waals surface area (Å²) in [7, 11) is 0. The van der Waals surface area contributed by atoms with Gasteiger partial charge in [0, 0.05) is 0 Å². The Labute approximate surface area is 146 Å². The van der Waals surface area contributed by atoms with Crippen molar-refractivity contribution >= 4 is 0 Å². The summed E-state index contributed by atoms with van der Waals surface area (Å²) in [5, 5.41) is 0. The van der Waals surface area contributed by atoms with Gasteiger partial charge in [-0.05, 0) is 52.8 Å². The Bertz CT molecular complexity index is 439. The SMILES string of the molecule is C=C1C(C)C(C)C(=C)C(C(C)C(C)(C)C(C)C(C)C(C)C)C1C. The van der Waals surface area contributed by atoms with Crippen LogP contribution in [0.3, 0.4) is 0 Å². The van der Waals surface area contributed by atoms with Crippen molar-refractivity contribution in [2.45, 2.75) is 69.2 Å². The van der Waals surface area contributed by atoms with E-state index >= 15 is 0 Å². The van der Waals surface area contributed by atoms with Crippen LogP contribution >= 0.6 is 0 Å². The Balaban J connectivity index is 3.12. The van der Waals surface area contributed by atoms with Crippen molar-refractivity contribution in [2.24, 2.45) is 52.8 Å². The average Bonchev–Trinajstić information content (AvgIpc) is 2.49. The molecule has 0 saturated heterocycles. The van der Waals surface area contributed by atoms with E-state index in [2.05, 4.69) is 82.4 Å². The lowest BCUT2D eigenvalue weighted by Gasteiger charge is -2.51. The van der Waals surface area contributed by atoms with Crippen molar-refractivity contribution in [3.8, 4) is 0 Å². The third-order valence-electron chi connectivity index (χ3n) is 8.20. The monoisotopic (exact) mass is 318 g/mol. The van der Waals surface area contributed by atoms with Crippen LogP contribution in [-0.2, 0) is 0 Å². The summed E-state index contributed by atoms with van der Waals surface area (Å²) in [6.07, 6.45) is 0. The molecular weight excluding hydrogens is 276 g/mol. The minimum atomic E-state index is 0.298. The molecule has 0 nitrogen and oxygen atoms in total. The van der Waals surface area contributed by atoms with Crippen LogP contribution in [0.2, 0.25) is 0 Å². The molecule has 0 aromatic heterocycles. The fourth-order valence-corrected chi connectivity index (χ4v) is 4.80. The predicted molar refractivity (Wildman–Crippen MR) is 105 cm³/mol. The van der Waals surface area contributed by atoms with Gasteiger partial charge in [0.15, 0.2) is 0 Å². The molecule has 7 unspecified atom stereocenters. The summed E-state index contributed by atoms with van der Waals surface area (Å²) in [4.78, 5) is 0. The van der Waals surface area contributed by atoms with E-state index < -0.39 is 0 Å². The topological polar surface area (TPSA) is 0 Å². The molecule has 1 aliphatic carbocycles. The van der Waals surface area contributed by atoms with Crippen molar-refractivity contribution in [1.82, 2.24) is 0 Å². The Kier molecular flexibility index (Phi) is 6.39. The average molecular weight is 319 g/mol. The Morgan fingerprint density at radius 3 is 1.65 bits per heavy atom. The van der Waals surface area contributed by atoms with E-state index in [1.54, 1.807) is 0 Å². The highest BCUT2D eigenvalue weighted by Gasteiger charge is 2.45. The lowest BCUT2D eigenvalue weighted by molar-refractivity contribution is 0.0338. The summed E-state index contributed by atoms with van der Waals surface area (Å²) >= 11 is 0. The van der Waals surface area contributed by atoms with Crippen molar-refractivity contribution in [1.29, 1.82) is 0 Å². The van der Waals surface area contributed by atoms with Crippen molar-refractivity contribution in [3.05, 3.63) is 24.3 Å². The molecule has 134 valence electrons. The number of rotatable bonds is 5. The van der Waals surface area contributed by atoms with E-state index in [-0.39, 0.29) is 0 Å². The molecule has 0 aromatic rings. The first-order valence-corrected chi connectivity index (χ1v) is 9.72. The quantitative estimate of drug-likeness (QED) is 0.469. The second-order valence-electron chi connectivity index (χ2n) is 9.54. The maximum absolute atomic E-state index is 4.54. The molecule has 0 aromatic carbocycles. The molecule has 7 atom stereocenters. The van der Waals surface area contributed by atoms with Crippen LogP contribution < -0.4 is 0 Å². The van der Waals surface area contributed by atoms with Crippen molar-refractivity contribution in [3.63, 3.8) is 0 Å². The van der Waals surface area contributed by atoms with Gasteiger partial charge in [-0.3, -0.25) is 0 Å². The first kappa shape index (κ1) is 20.5. The molecule has 0 N–H and O–H groups in total. The summed E-state index contributed by atoms with van der Waals surface area (Å²) in [5.74, 6) is 5.01. The third-order valence-corrected chi connectivity index (χ3v) is 8.20. The molecular formula is C23H42. The van der Waals surface area contributed by atoms with Crippen LogP contribution in [0, 0.1) is 52.8 Å². The molecule has 1 saturated carbocycles. The molecule has 1 fully saturated rings. The first-order chi connectivity index (χ1) is 10.4. The van der Waals surface area contributed by atoms with Gasteiger partial charge < -0.3 is 0 Å². The van der Waals surface area contributed by atoms with Gasteiger partial charge in [-0.2, -0.15) is 0 Å². The molecule has 0 heterocycles. The van der Waals surface area contributed by atoms with Gasteiger partial charge in [-0.25, -0.2) is 0 Å². The van der Waals surface area contributed by atoms with Crippen LogP contribution in [0.25, 0.3) is 0 Å². The van der Waals surface area contributed by atoms with Gasteiger partial charge in [0.2, 0.25) is 0 Å². The van der Waals surface area contributed by atoms with Crippen LogP contribution in [0.4, 0.5) is 0 Å². The van der Waals surface area contributed by atoms with Crippen LogP contribution in [-0.4, -0.2) is 0 Å². The van der Waals surface area contributed by atoms with Gasteiger partial charge in [0.05, 0.1) is 0 Å². The Morgan fingerprint density at radius 2 is 1.22 bits per heavy atom. The Morgan fingerprint density at radius 1 is 0.783 bits per heavy atom. The fraction of sp³-hybridized carbons (Fsp3) is 0.826. The number of hydrogen-bond donors (Lipinski definition) is 0. The van der Waals surface area contributed by atoms with Crippen molar-refractivity contribution < 1.29 is 0 Å². The first-order valence-electron chi connectivity index (χ1n) is 9.72. The second kappa shape index (κ2) is 7.16. The zero-order valence-electron chi connectivity index (χ0n) is 17.5. The lowest BCUT2D eigenvalue weighted by atomic mass is 9.54. The molecule has 0 amide bonds. The zero-order chi connectivity index (χ0) is 18.3. The standard InChI is InChI=1S/C23H42/c1-13(2)14(3)20(9)23(11,12)21(10)22-18(7)16(5)15(4)17(6)19(22)8/h13-15,17-18,20-22H,5,8H2,1-4,6-7,9-12H3. The lowest BCUT2D eigenvalue weighted by Crippen LogP contribution is -2.44. The van der Waals surface area contributed by atoms with Gasteiger partial charge in [-0.1, -0.05) is 93.5 Å². The number of hydrogen-bond acceptors (Lipinski definition) is 0. The summed E-state index contributed by atoms with van der Waals surface area (Å²) in [5.41, 5.74) is 3.19. The van der Waals surface area contributed by atoms with Crippen LogP contribution in [0.1, 0.15) is 69.2 Å². The highest BCUT2D eigenvalue weighted by Crippen LogP contribution is 2.53. The van der Waals surface area contributed by atoms with E-state index in [4.69, 9.17) is 0 Å². The summed E-state index contributed by atoms with van der Waals surface area (Å²) < 4.78 is 0. The smallest absolute Gasteiger partial charge is 0.0109 e. The maximum Gasteiger partial charge on any atom is -0.0109 e. The second-order valence-corrected chi connectivity index (χ2v) is 9.54. The molecule has 0 bridgehead atoms. The van der Waals surface area contributed by atoms with Gasteiger partial charge in [-0.15, -0.1) is 0 Å². The Hall–Kier alpha value is -0.520. The van der Waals surface area contributed by atoms with E-state index in [1.165, 1.54) is 11.1 Å². The summed E-state index contributed by atoms with van der Waals surface area (Å²) in [6.45, 7) is 33.0. The largest absolute Gasteiger partial charge is 0.0993 e. The minimum Gasteiger partial charge on any atom is -0.0993 e. The van der Waals surface area contributed by atoms with Crippen molar-refractivity contribution in [2.75, 3.05) is 0 Å². The molecule has 1 aliphatic rings. The van der Waals surface area contributed by atoms with Gasteiger partial charge in [0.1, 0.15) is 0 Å². The molecule has 0 radical (unpaired) electrons. The highest BCUT2D eigenvalue weighted by atomic mass is 14.5. The third kappa shape index (κ3) is 3.62. The maximum atomic E-state index is 4.54. The van der Waals surface area contributed by atoms with Crippen LogP contribution in [0.15, 0.2) is 24.3 Å². The molecule has 1 rings (SSSR count). The molecule has 0 aliphatic heterocycles. The zero-order valence-corrected chi connectivity index (χ0v) is 17.5. The number of allylic oxidation sites excluding steroid dienone is 2. The highest BCUT2D eigenvalue weighted by molar-refractivity contribution is 5.25. The molecule has 0 spiro atoms. The van der Waals surface area contributed by atoms with E-state index in [0.29, 0.717) is 40.9 Å². The molecule has 0 heteroatoms. The van der Waals surface area contributed by atoms with Gasteiger partial charge >= 0.3 is 0 Å². The molecule has 23 heavy (non-hydrogen) atoms. The fourth-order valence-electron chi connectivity index (χ4n) is 4.80. The minimum absolute atomic E-state index is 0.298. The van der Waals surface area contributed by atoms with E-state index in [9.17, 15) is 0 Å². The van der Waals surface area contributed by atoms with Crippen LogP contribution in [0.5, 0.6) is 0 Å². The van der Waals surface area contributed by atoms with Gasteiger partial charge in [0.25, 0.3) is 0 Å². The normalized spacial score (nSPS) is 33.7. The summed E-state index contributed by atoms with van der Waals surface area (Å²) in [6, 6.07) is 0.